The van der Waals surface area contributed by atoms with Crippen LogP contribution in [0.2, 0.25) is 0 Å². The van der Waals surface area contributed by atoms with E-state index in [9.17, 15) is 4.79 Å². The molecule has 3 nitrogen and oxygen atoms in total. The van der Waals surface area contributed by atoms with Crippen molar-refractivity contribution in [2.45, 2.75) is 45.1 Å². The molecule has 2 unspecified atom stereocenters. The predicted octanol–water partition coefficient (Wildman–Crippen LogP) is 2.51. The average Bonchev–Trinajstić information content (AvgIpc) is 2.92. The van der Waals surface area contributed by atoms with Gasteiger partial charge in [0.15, 0.2) is 0 Å². The molecule has 0 heterocycles. The predicted molar refractivity (Wildman–Crippen MR) is 82.5 cm³/mol. The number of carbonyl (C=O) groups excluding carboxylic acids is 1. The Morgan fingerprint density at radius 3 is 2.90 bits per heavy atom. The van der Waals surface area contributed by atoms with Crippen LogP contribution < -0.4 is 5.73 Å². The molecular formula is C17H26N2O. The molecule has 0 spiro atoms. The van der Waals surface area contributed by atoms with Gasteiger partial charge in [-0.2, -0.15) is 0 Å². The molecule has 3 heteroatoms. The normalized spacial score (nSPS) is 21.9. The maximum Gasteiger partial charge on any atom is 0.222 e. The Balaban J connectivity index is 1.88. The van der Waals surface area contributed by atoms with Crippen LogP contribution in [0.5, 0.6) is 0 Å². The second kappa shape index (κ2) is 6.89. The second-order valence-electron chi connectivity index (χ2n) is 5.99. The molecular weight excluding hydrogens is 248 g/mol. The third kappa shape index (κ3) is 3.60. The number of hydrogen-bond donors (Lipinski definition) is 1. The van der Waals surface area contributed by atoms with Crippen molar-refractivity contribution >= 4 is 5.91 Å². The van der Waals surface area contributed by atoms with Gasteiger partial charge in [-0.1, -0.05) is 36.2 Å². The topological polar surface area (TPSA) is 46.3 Å². The Morgan fingerprint density at radius 1 is 1.40 bits per heavy atom. The van der Waals surface area contributed by atoms with Gasteiger partial charge < -0.3 is 10.6 Å². The highest BCUT2D eigenvalue weighted by atomic mass is 16.2. The van der Waals surface area contributed by atoms with E-state index in [2.05, 4.69) is 31.2 Å². The minimum Gasteiger partial charge on any atom is -0.342 e. The largest absolute Gasteiger partial charge is 0.342 e. The van der Waals surface area contributed by atoms with E-state index >= 15 is 0 Å². The van der Waals surface area contributed by atoms with E-state index < -0.39 is 0 Å². The van der Waals surface area contributed by atoms with Crippen molar-refractivity contribution in [1.82, 2.24) is 4.90 Å². The zero-order chi connectivity index (χ0) is 14.5. The molecule has 2 rings (SSSR count). The molecule has 1 aromatic rings. The third-order valence-electron chi connectivity index (χ3n) is 4.52. The SMILES string of the molecule is Cc1cccc(CCC(=O)N(C)C2CCCC2CN)c1. The van der Waals surface area contributed by atoms with Gasteiger partial charge in [-0.05, 0) is 44.2 Å². The standard InChI is InChI=1S/C17H26N2O/c1-13-5-3-6-14(11-13)9-10-17(20)19(2)16-8-4-7-15(16)12-18/h3,5-6,11,15-16H,4,7-10,12,18H2,1-2H3. The molecule has 2 N–H and O–H groups in total. The Hall–Kier alpha value is -1.35. The Kier molecular flexibility index (Phi) is 5.18. The number of benzene rings is 1. The Bertz CT molecular complexity index is 458. The average molecular weight is 274 g/mol. The first kappa shape index (κ1) is 15.0. The van der Waals surface area contributed by atoms with E-state index in [0.717, 1.165) is 19.3 Å². The van der Waals surface area contributed by atoms with Crippen LogP contribution in [0.1, 0.15) is 36.8 Å². The zero-order valence-corrected chi connectivity index (χ0v) is 12.6. The number of amides is 1. The van der Waals surface area contributed by atoms with Crippen molar-refractivity contribution in [3.05, 3.63) is 35.4 Å². The number of aryl methyl sites for hydroxylation is 2. The fourth-order valence-corrected chi connectivity index (χ4v) is 3.28. The summed E-state index contributed by atoms with van der Waals surface area (Å²) in [6.07, 6.45) is 4.88. The quantitative estimate of drug-likeness (QED) is 0.896. The molecule has 0 radical (unpaired) electrons. The van der Waals surface area contributed by atoms with Crippen LogP contribution in [0.3, 0.4) is 0 Å². The molecule has 0 aromatic heterocycles. The fraction of sp³-hybridized carbons (Fsp3) is 0.588. The van der Waals surface area contributed by atoms with E-state index in [1.54, 1.807) is 0 Å². The number of nitrogens with zero attached hydrogens (tertiary/aromatic N) is 1. The molecule has 2 atom stereocenters. The molecule has 1 aliphatic rings. The lowest BCUT2D eigenvalue weighted by atomic mass is 10.0. The van der Waals surface area contributed by atoms with Crippen molar-refractivity contribution in [2.24, 2.45) is 11.7 Å². The molecule has 20 heavy (non-hydrogen) atoms. The summed E-state index contributed by atoms with van der Waals surface area (Å²) in [6.45, 7) is 2.78. The van der Waals surface area contributed by atoms with Gasteiger partial charge in [0.25, 0.3) is 0 Å². The monoisotopic (exact) mass is 274 g/mol. The summed E-state index contributed by atoms with van der Waals surface area (Å²) in [5, 5.41) is 0. The highest BCUT2D eigenvalue weighted by Gasteiger charge is 2.31. The fourth-order valence-electron chi connectivity index (χ4n) is 3.28. The van der Waals surface area contributed by atoms with Gasteiger partial charge in [0, 0.05) is 19.5 Å². The molecule has 1 aromatic carbocycles. The lowest BCUT2D eigenvalue weighted by Gasteiger charge is -2.29. The molecule has 1 amide bonds. The van der Waals surface area contributed by atoms with Crippen molar-refractivity contribution in [2.75, 3.05) is 13.6 Å². The molecule has 0 bridgehead atoms. The summed E-state index contributed by atoms with van der Waals surface area (Å²) in [5.74, 6) is 0.736. The number of hydrogen-bond acceptors (Lipinski definition) is 2. The van der Waals surface area contributed by atoms with Crippen molar-refractivity contribution in [3.8, 4) is 0 Å². The molecule has 1 saturated carbocycles. The van der Waals surface area contributed by atoms with E-state index in [1.807, 2.05) is 11.9 Å². The van der Waals surface area contributed by atoms with Crippen molar-refractivity contribution < 1.29 is 4.79 Å². The third-order valence-corrected chi connectivity index (χ3v) is 4.52. The van der Waals surface area contributed by atoms with Crippen molar-refractivity contribution in [1.29, 1.82) is 0 Å². The summed E-state index contributed by atoms with van der Waals surface area (Å²) in [4.78, 5) is 14.3. The summed E-state index contributed by atoms with van der Waals surface area (Å²) < 4.78 is 0. The van der Waals surface area contributed by atoms with Gasteiger partial charge in [-0.3, -0.25) is 4.79 Å². The zero-order valence-electron chi connectivity index (χ0n) is 12.6. The molecule has 110 valence electrons. The van der Waals surface area contributed by atoms with Gasteiger partial charge in [-0.15, -0.1) is 0 Å². The molecule has 0 saturated heterocycles. The highest BCUT2D eigenvalue weighted by Crippen LogP contribution is 2.28. The minimum absolute atomic E-state index is 0.247. The minimum atomic E-state index is 0.247. The van der Waals surface area contributed by atoms with Crippen LogP contribution in [-0.2, 0) is 11.2 Å². The van der Waals surface area contributed by atoms with Crippen LogP contribution in [0, 0.1) is 12.8 Å². The Labute approximate surface area is 122 Å². The summed E-state index contributed by atoms with van der Waals surface area (Å²) in [5.41, 5.74) is 8.30. The summed E-state index contributed by atoms with van der Waals surface area (Å²) >= 11 is 0. The van der Waals surface area contributed by atoms with E-state index in [4.69, 9.17) is 5.73 Å². The number of carbonyl (C=O) groups is 1. The molecule has 0 aliphatic heterocycles. The van der Waals surface area contributed by atoms with Gasteiger partial charge in [0.05, 0.1) is 0 Å². The van der Waals surface area contributed by atoms with E-state index in [0.29, 0.717) is 24.9 Å². The van der Waals surface area contributed by atoms with Crippen LogP contribution in [0.25, 0.3) is 0 Å². The van der Waals surface area contributed by atoms with Crippen LogP contribution >= 0.6 is 0 Å². The number of rotatable bonds is 5. The van der Waals surface area contributed by atoms with Crippen LogP contribution in [-0.4, -0.2) is 30.4 Å². The lowest BCUT2D eigenvalue weighted by Crippen LogP contribution is -2.41. The maximum atomic E-state index is 12.3. The van der Waals surface area contributed by atoms with Gasteiger partial charge in [-0.25, -0.2) is 0 Å². The second-order valence-corrected chi connectivity index (χ2v) is 5.99. The first-order valence-electron chi connectivity index (χ1n) is 7.63. The van der Waals surface area contributed by atoms with Gasteiger partial charge >= 0.3 is 0 Å². The van der Waals surface area contributed by atoms with Gasteiger partial charge in [0.1, 0.15) is 0 Å². The highest BCUT2D eigenvalue weighted by molar-refractivity contribution is 5.76. The molecule has 1 aliphatic carbocycles. The van der Waals surface area contributed by atoms with E-state index in [-0.39, 0.29) is 5.91 Å². The lowest BCUT2D eigenvalue weighted by molar-refractivity contribution is -0.132. The first-order valence-corrected chi connectivity index (χ1v) is 7.63. The smallest absolute Gasteiger partial charge is 0.222 e. The summed E-state index contributed by atoms with van der Waals surface area (Å²) in [7, 11) is 1.94. The summed E-state index contributed by atoms with van der Waals surface area (Å²) in [6, 6.07) is 8.75. The number of nitrogens with two attached hydrogens (primary N) is 1. The van der Waals surface area contributed by atoms with Crippen molar-refractivity contribution in [3.63, 3.8) is 0 Å². The maximum absolute atomic E-state index is 12.3. The van der Waals surface area contributed by atoms with E-state index in [1.165, 1.54) is 17.5 Å². The first-order chi connectivity index (χ1) is 9.61. The van der Waals surface area contributed by atoms with Crippen LogP contribution in [0.15, 0.2) is 24.3 Å². The Morgan fingerprint density at radius 2 is 2.20 bits per heavy atom. The molecule has 1 fully saturated rings. The van der Waals surface area contributed by atoms with Gasteiger partial charge in [0.2, 0.25) is 5.91 Å². The van der Waals surface area contributed by atoms with Crippen LogP contribution in [0.4, 0.5) is 0 Å².